The number of hydrogen-bond donors (Lipinski definition) is 3. The van der Waals surface area contributed by atoms with Gasteiger partial charge in [0.1, 0.15) is 0 Å². The predicted octanol–water partition coefficient (Wildman–Crippen LogP) is 1.33. The van der Waals surface area contributed by atoms with Crippen molar-refractivity contribution in [2.24, 2.45) is 0 Å². The molecule has 1 aromatic heterocycles. The van der Waals surface area contributed by atoms with Gasteiger partial charge >= 0.3 is 0 Å². The lowest BCUT2D eigenvalue weighted by Gasteiger charge is -2.06. The zero-order valence-corrected chi connectivity index (χ0v) is 8.50. The van der Waals surface area contributed by atoms with Gasteiger partial charge in [0.2, 0.25) is 5.91 Å². The maximum Gasteiger partial charge on any atom is 0.239 e. The number of carbonyl (C=O) groups excluding carboxylic acids is 1. The fourth-order valence-electron chi connectivity index (χ4n) is 1.50. The van der Waals surface area contributed by atoms with Crippen LogP contribution >= 0.6 is 0 Å². The van der Waals surface area contributed by atoms with Crippen LogP contribution in [-0.2, 0) is 4.79 Å². The monoisotopic (exact) mass is 203 g/mol. The number of aromatic nitrogens is 1. The van der Waals surface area contributed by atoms with E-state index in [1.54, 1.807) is 7.05 Å². The van der Waals surface area contributed by atoms with E-state index in [1.165, 1.54) is 0 Å². The SMILES string of the molecule is CNC(=O)CNc1cccc2c[nH]cc12. The lowest BCUT2D eigenvalue weighted by atomic mass is 10.2. The van der Waals surface area contributed by atoms with Crippen molar-refractivity contribution in [2.45, 2.75) is 0 Å². The number of fused-ring (bicyclic) bond motifs is 1. The van der Waals surface area contributed by atoms with Crippen molar-refractivity contribution in [1.82, 2.24) is 10.3 Å². The Kier molecular flexibility index (Phi) is 2.58. The van der Waals surface area contributed by atoms with E-state index in [1.807, 2.05) is 30.6 Å². The van der Waals surface area contributed by atoms with E-state index in [0.29, 0.717) is 6.54 Å². The molecule has 0 radical (unpaired) electrons. The summed E-state index contributed by atoms with van der Waals surface area (Å²) in [5, 5.41) is 7.89. The molecule has 0 bridgehead atoms. The Morgan fingerprint density at radius 1 is 1.40 bits per heavy atom. The second-order valence-electron chi connectivity index (χ2n) is 3.29. The average molecular weight is 203 g/mol. The summed E-state index contributed by atoms with van der Waals surface area (Å²) in [7, 11) is 1.63. The summed E-state index contributed by atoms with van der Waals surface area (Å²) in [5.74, 6) is -0.0254. The number of likely N-dealkylation sites (N-methyl/N-ethyl adjacent to an activating group) is 1. The highest BCUT2D eigenvalue weighted by Gasteiger charge is 2.02. The third kappa shape index (κ3) is 1.93. The van der Waals surface area contributed by atoms with E-state index in [4.69, 9.17) is 0 Å². The zero-order chi connectivity index (χ0) is 10.7. The van der Waals surface area contributed by atoms with E-state index in [9.17, 15) is 4.79 Å². The summed E-state index contributed by atoms with van der Waals surface area (Å²) in [6.07, 6.45) is 3.85. The minimum absolute atomic E-state index is 0.0254. The van der Waals surface area contributed by atoms with Gasteiger partial charge in [0.25, 0.3) is 0 Å². The summed E-state index contributed by atoms with van der Waals surface area (Å²) >= 11 is 0. The fourth-order valence-corrected chi connectivity index (χ4v) is 1.50. The molecule has 0 spiro atoms. The van der Waals surface area contributed by atoms with Gasteiger partial charge in [-0.25, -0.2) is 0 Å². The molecule has 0 atom stereocenters. The van der Waals surface area contributed by atoms with Crippen LogP contribution in [-0.4, -0.2) is 24.5 Å². The number of carbonyl (C=O) groups is 1. The first-order chi connectivity index (χ1) is 7.31. The number of nitrogens with one attached hydrogen (secondary N) is 3. The Labute approximate surface area is 87.7 Å². The number of rotatable bonds is 3. The molecule has 2 rings (SSSR count). The second-order valence-corrected chi connectivity index (χ2v) is 3.29. The van der Waals surface area contributed by atoms with Gasteiger partial charge in [-0.3, -0.25) is 4.79 Å². The van der Waals surface area contributed by atoms with Gasteiger partial charge in [-0.1, -0.05) is 12.1 Å². The summed E-state index contributed by atoms with van der Waals surface area (Å²) in [6.45, 7) is 0.292. The smallest absolute Gasteiger partial charge is 0.239 e. The van der Waals surface area contributed by atoms with Crippen LogP contribution in [0.25, 0.3) is 10.8 Å². The lowest BCUT2D eigenvalue weighted by Crippen LogP contribution is -2.26. The number of anilines is 1. The van der Waals surface area contributed by atoms with Gasteiger partial charge in [0, 0.05) is 35.9 Å². The summed E-state index contributed by atoms with van der Waals surface area (Å²) in [5.41, 5.74) is 0.970. The molecule has 0 unspecified atom stereocenters. The van der Waals surface area contributed by atoms with E-state index in [0.717, 1.165) is 16.5 Å². The minimum Gasteiger partial charge on any atom is -0.376 e. The molecule has 0 saturated carbocycles. The zero-order valence-electron chi connectivity index (χ0n) is 8.50. The maximum atomic E-state index is 11.1. The molecule has 0 aliphatic carbocycles. The molecule has 0 aliphatic rings. The molecule has 1 aromatic carbocycles. The average Bonchev–Trinajstić information content (AvgIpc) is 2.74. The summed E-state index contributed by atoms with van der Waals surface area (Å²) in [4.78, 5) is 14.1. The van der Waals surface area contributed by atoms with Crippen molar-refractivity contribution in [1.29, 1.82) is 0 Å². The second kappa shape index (κ2) is 4.04. The number of amides is 1. The first kappa shape index (κ1) is 9.58. The molecular weight excluding hydrogens is 190 g/mol. The molecule has 78 valence electrons. The summed E-state index contributed by atoms with van der Waals surface area (Å²) < 4.78 is 0. The van der Waals surface area contributed by atoms with Gasteiger partial charge in [0.05, 0.1) is 6.54 Å². The van der Waals surface area contributed by atoms with Crippen molar-refractivity contribution in [3.05, 3.63) is 30.6 Å². The number of hydrogen-bond acceptors (Lipinski definition) is 2. The molecule has 1 heterocycles. The van der Waals surface area contributed by atoms with Crippen LogP contribution in [0.1, 0.15) is 0 Å². The summed E-state index contributed by atoms with van der Waals surface area (Å²) in [6, 6.07) is 5.94. The van der Waals surface area contributed by atoms with E-state index in [-0.39, 0.29) is 5.91 Å². The third-order valence-electron chi connectivity index (χ3n) is 2.32. The standard InChI is InChI=1S/C11H13N3O/c1-12-11(15)7-14-10-4-2-3-8-5-13-6-9(8)10/h2-6,13-14H,7H2,1H3,(H,12,15). The normalized spacial score (nSPS) is 10.2. The highest BCUT2D eigenvalue weighted by Crippen LogP contribution is 2.22. The number of benzene rings is 1. The minimum atomic E-state index is -0.0254. The van der Waals surface area contributed by atoms with Gasteiger partial charge in [0.15, 0.2) is 0 Å². The molecule has 0 saturated heterocycles. The lowest BCUT2D eigenvalue weighted by molar-refractivity contribution is -0.118. The van der Waals surface area contributed by atoms with Crippen LogP contribution < -0.4 is 10.6 Å². The molecule has 0 fully saturated rings. The van der Waals surface area contributed by atoms with Gasteiger partial charge in [-0.05, 0) is 6.07 Å². The van der Waals surface area contributed by atoms with Crippen LogP contribution in [0.15, 0.2) is 30.6 Å². The van der Waals surface area contributed by atoms with Crippen molar-refractivity contribution in [3.8, 4) is 0 Å². The van der Waals surface area contributed by atoms with Crippen LogP contribution in [0.5, 0.6) is 0 Å². The molecule has 2 aromatic rings. The Bertz CT molecular complexity index is 475. The van der Waals surface area contributed by atoms with Gasteiger partial charge in [-0.15, -0.1) is 0 Å². The largest absolute Gasteiger partial charge is 0.376 e. The first-order valence-electron chi connectivity index (χ1n) is 4.81. The first-order valence-corrected chi connectivity index (χ1v) is 4.81. The number of aromatic amines is 1. The van der Waals surface area contributed by atoms with Crippen LogP contribution in [0.2, 0.25) is 0 Å². The van der Waals surface area contributed by atoms with Crippen LogP contribution in [0.3, 0.4) is 0 Å². The van der Waals surface area contributed by atoms with Crippen molar-refractivity contribution < 1.29 is 4.79 Å². The molecule has 3 N–H and O–H groups in total. The molecule has 15 heavy (non-hydrogen) atoms. The van der Waals surface area contributed by atoms with E-state index < -0.39 is 0 Å². The Morgan fingerprint density at radius 2 is 2.27 bits per heavy atom. The van der Waals surface area contributed by atoms with Crippen LogP contribution in [0.4, 0.5) is 5.69 Å². The van der Waals surface area contributed by atoms with Gasteiger partial charge in [-0.2, -0.15) is 0 Å². The molecule has 4 nitrogen and oxygen atoms in total. The van der Waals surface area contributed by atoms with Crippen molar-refractivity contribution >= 4 is 22.4 Å². The molecule has 1 amide bonds. The molecular formula is C11H13N3O. The quantitative estimate of drug-likeness (QED) is 0.704. The van der Waals surface area contributed by atoms with Crippen molar-refractivity contribution in [3.63, 3.8) is 0 Å². The third-order valence-corrected chi connectivity index (χ3v) is 2.32. The molecule has 0 aliphatic heterocycles. The highest BCUT2D eigenvalue weighted by molar-refractivity contribution is 5.94. The predicted molar refractivity (Wildman–Crippen MR) is 60.9 cm³/mol. The Balaban J connectivity index is 2.20. The maximum absolute atomic E-state index is 11.1. The van der Waals surface area contributed by atoms with Gasteiger partial charge < -0.3 is 15.6 Å². The van der Waals surface area contributed by atoms with Crippen molar-refractivity contribution in [2.75, 3.05) is 18.9 Å². The highest BCUT2D eigenvalue weighted by atomic mass is 16.1. The van der Waals surface area contributed by atoms with E-state index >= 15 is 0 Å². The number of H-pyrrole nitrogens is 1. The fraction of sp³-hybridized carbons (Fsp3) is 0.182. The van der Waals surface area contributed by atoms with E-state index in [2.05, 4.69) is 15.6 Å². The topological polar surface area (TPSA) is 56.9 Å². The Morgan fingerprint density at radius 3 is 3.07 bits per heavy atom. The Hall–Kier alpha value is -1.97. The van der Waals surface area contributed by atoms with Crippen LogP contribution in [0, 0.1) is 0 Å². The molecule has 4 heteroatoms.